The Balaban J connectivity index is 2.11. The summed E-state index contributed by atoms with van der Waals surface area (Å²) in [7, 11) is 1.53. The highest BCUT2D eigenvalue weighted by Gasteiger charge is 2.19. The van der Waals surface area contributed by atoms with E-state index in [0.29, 0.717) is 31.0 Å². The summed E-state index contributed by atoms with van der Waals surface area (Å²) in [5.74, 6) is 0. The van der Waals surface area contributed by atoms with Gasteiger partial charge in [0.15, 0.2) is 0 Å². The monoisotopic (exact) mass is 315 g/mol. The first-order valence-electron chi connectivity index (χ1n) is 7.76. The average molecular weight is 315 g/mol. The second-order valence-electron chi connectivity index (χ2n) is 5.77. The molecule has 0 amide bonds. The van der Waals surface area contributed by atoms with E-state index in [4.69, 9.17) is 4.74 Å². The van der Waals surface area contributed by atoms with E-state index in [2.05, 4.69) is 4.90 Å². The van der Waals surface area contributed by atoms with E-state index in [1.165, 1.54) is 11.6 Å². The van der Waals surface area contributed by atoms with E-state index in [-0.39, 0.29) is 11.2 Å². The zero-order valence-corrected chi connectivity index (χ0v) is 13.5. The minimum Gasteiger partial charge on any atom is -0.379 e. The fraction of sp³-hybridized carbons (Fsp3) is 0.412. The van der Waals surface area contributed by atoms with E-state index in [1.807, 2.05) is 37.3 Å². The molecule has 3 rings (SSSR count). The van der Waals surface area contributed by atoms with Gasteiger partial charge in [0.2, 0.25) is 0 Å². The van der Waals surface area contributed by atoms with Crippen LogP contribution in [-0.2, 0) is 18.3 Å². The third-order valence-corrected chi connectivity index (χ3v) is 4.31. The second-order valence-corrected chi connectivity index (χ2v) is 5.77. The lowest BCUT2D eigenvalue weighted by molar-refractivity contribution is 0.0337. The molecule has 1 fully saturated rings. The van der Waals surface area contributed by atoms with E-state index >= 15 is 0 Å². The van der Waals surface area contributed by atoms with E-state index in [9.17, 15) is 9.59 Å². The van der Waals surface area contributed by atoms with Gasteiger partial charge in [-0.05, 0) is 19.1 Å². The summed E-state index contributed by atoms with van der Waals surface area (Å²) in [6.45, 7) is 5.33. The van der Waals surface area contributed by atoms with Crippen molar-refractivity contribution in [3.05, 3.63) is 62.4 Å². The molecular weight excluding hydrogens is 294 g/mol. The van der Waals surface area contributed by atoms with Gasteiger partial charge in [-0.2, -0.15) is 0 Å². The molecule has 1 saturated heterocycles. The number of benzene rings is 1. The fourth-order valence-electron chi connectivity index (χ4n) is 2.92. The molecule has 1 aromatic heterocycles. The van der Waals surface area contributed by atoms with Crippen molar-refractivity contribution in [2.75, 3.05) is 26.3 Å². The van der Waals surface area contributed by atoms with E-state index < -0.39 is 0 Å². The maximum absolute atomic E-state index is 12.6. The smallest absolute Gasteiger partial charge is 0.335 e. The molecule has 0 N–H and O–H groups in total. The Labute approximate surface area is 134 Å². The van der Waals surface area contributed by atoms with Crippen molar-refractivity contribution in [1.29, 1.82) is 0 Å². The Morgan fingerprint density at radius 3 is 2.39 bits per heavy atom. The summed E-state index contributed by atoms with van der Waals surface area (Å²) < 4.78 is 8.15. The molecule has 0 radical (unpaired) electrons. The van der Waals surface area contributed by atoms with Gasteiger partial charge in [0, 0.05) is 32.4 Å². The van der Waals surface area contributed by atoms with Crippen molar-refractivity contribution in [1.82, 2.24) is 14.0 Å². The number of nitrogens with zero attached hydrogens (tertiary/aromatic N) is 3. The highest BCUT2D eigenvalue weighted by molar-refractivity contribution is 5.35. The summed E-state index contributed by atoms with van der Waals surface area (Å²) >= 11 is 0. The van der Waals surface area contributed by atoms with Crippen molar-refractivity contribution >= 4 is 0 Å². The van der Waals surface area contributed by atoms with Gasteiger partial charge >= 0.3 is 5.69 Å². The molecule has 122 valence electrons. The predicted octanol–water partition coefficient (Wildman–Crippen LogP) is 0.677. The third kappa shape index (κ3) is 3.00. The lowest BCUT2D eigenvalue weighted by Crippen LogP contribution is -2.44. The molecule has 2 aromatic rings. The first kappa shape index (κ1) is 15.7. The molecule has 0 spiro atoms. The molecule has 1 aliphatic heterocycles. The molecule has 0 atom stereocenters. The van der Waals surface area contributed by atoms with Crippen molar-refractivity contribution in [3.63, 3.8) is 0 Å². The van der Waals surface area contributed by atoms with Gasteiger partial charge in [0.25, 0.3) is 5.56 Å². The van der Waals surface area contributed by atoms with Crippen molar-refractivity contribution in [2.24, 2.45) is 7.05 Å². The normalized spacial score (nSPS) is 15.7. The molecule has 1 aliphatic rings. The second kappa shape index (κ2) is 6.52. The number of hydrogen-bond acceptors (Lipinski definition) is 4. The van der Waals surface area contributed by atoms with Crippen LogP contribution in [0.5, 0.6) is 0 Å². The van der Waals surface area contributed by atoms with Crippen LogP contribution < -0.4 is 11.2 Å². The number of hydrogen-bond donors (Lipinski definition) is 0. The summed E-state index contributed by atoms with van der Waals surface area (Å²) in [6, 6.07) is 9.41. The van der Waals surface area contributed by atoms with Gasteiger partial charge < -0.3 is 4.74 Å². The highest BCUT2D eigenvalue weighted by atomic mass is 16.5. The number of para-hydroxylation sites is 1. The maximum atomic E-state index is 12.6. The van der Waals surface area contributed by atoms with Crippen LogP contribution in [0.2, 0.25) is 0 Å². The Morgan fingerprint density at radius 1 is 1.09 bits per heavy atom. The van der Waals surface area contributed by atoms with Gasteiger partial charge in [-0.1, -0.05) is 18.2 Å². The first-order valence-corrected chi connectivity index (χ1v) is 7.76. The van der Waals surface area contributed by atoms with Crippen LogP contribution in [-0.4, -0.2) is 40.3 Å². The molecule has 1 aromatic carbocycles. The lowest BCUT2D eigenvalue weighted by atomic mass is 10.2. The number of morpholine rings is 1. The Kier molecular flexibility index (Phi) is 4.45. The maximum Gasteiger partial charge on any atom is 0.335 e. The molecule has 0 bridgehead atoms. The minimum absolute atomic E-state index is 0.217. The number of ether oxygens (including phenoxy) is 1. The quantitative estimate of drug-likeness (QED) is 0.836. The topological polar surface area (TPSA) is 56.5 Å². The standard InChI is InChI=1S/C17H21N3O3/c1-13-15(12-19-8-10-23-11-9-19)16(21)18(2)17(22)20(13)14-6-4-3-5-7-14/h3-7H,8-12H2,1-2H3. The molecule has 0 saturated carbocycles. The Morgan fingerprint density at radius 2 is 1.74 bits per heavy atom. The van der Waals surface area contributed by atoms with Crippen LogP contribution in [0.15, 0.2) is 39.9 Å². The summed E-state index contributed by atoms with van der Waals surface area (Å²) in [5, 5.41) is 0. The third-order valence-electron chi connectivity index (χ3n) is 4.31. The molecule has 2 heterocycles. The predicted molar refractivity (Wildman–Crippen MR) is 88.1 cm³/mol. The molecule has 6 nitrogen and oxygen atoms in total. The summed E-state index contributed by atoms with van der Waals surface area (Å²) in [5.41, 5.74) is 1.61. The first-order chi connectivity index (χ1) is 11.1. The van der Waals surface area contributed by atoms with E-state index in [1.54, 1.807) is 4.57 Å². The largest absolute Gasteiger partial charge is 0.379 e. The zero-order chi connectivity index (χ0) is 16.4. The van der Waals surface area contributed by atoms with Crippen LogP contribution >= 0.6 is 0 Å². The van der Waals surface area contributed by atoms with E-state index in [0.717, 1.165) is 18.8 Å². The molecule has 0 aliphatic carbocycles. The van der Waals surface area contributed by atoms with Crippen LogP contribution in [0.3, 0.4) is 0 Å². The molecule has 23 heavy (non-hydrogen) atoms. The fourth-order valence-corrected chi connectivity index (χ4v) is 2.92. The van der Waals surface area contributed by atoms with Gasteiger partial charge in [0.1, 0.15) is 0 Å². The van der Waals surface area contributed by atoms with Gasteiger partial charge in [-0.25, -0.2) is 4.79 Å². The number of rotatable bonds is 3. The molecule has 6 heteroatoms. The minimum atomic E-state index is -0.315. The zero-order valence-electron chi connectivity index (χ0n) is 13.5. The van der Waals surface area contributed by atoms with Crippen LogP contribution in [0.25, 0.3) is 5.69 Å². The van der Waals surface area contributed by atoms with Crippen molar-refractivity contribution in [3.8, 4) is 5.69 Å². The van der Waals surface area contributed by atoms with Crippen LogP contribution in [0.1, 0.15) is 11.3 Å². The van der Waals surface area contributed by atoms with Gasteiger partial charge in [-0.15, -0.1) is 0 Å². The lowest BCUT2D eigenvalue weighted by Gasteiger charge is -2.27. The number of aromatic nitrogens is 2. The van der Waals surface area contributed by atoms with Crippen molar-refractivity contribution in [2.45, 2.75) is 13.5 Å². The van der Waals surface area contributed by atoms with Crippen LogP contribution in [0.4, 0.5) is 0 Å². The SMILES string of the molecule is Cc1c(CN2CCOCC2)c(=O)n(C)c(=O)n1-c1ccccc1. The molecule has 0 unspecified atom stereocenters. The summed E-state index contributed by atoms with van der Waals surface area (Å²) in [6.07, 6.45) is 0. The van der Waals surface area contributed by atoms with Crippen LogP contribution in [0, 0.1) is 6.92 Å². The Hall–Kier alpha value is -2.18. The Bertz CT molecular complexity index is 802. The highest BCUT2D eigenvalue weighted by Crippen LogP contribution is 2.12. The van der Waals surface area contributed by atoms with Gasteiger partial charge in [0.05, 0.1) is 24.5 Å². The average Bonchev–Trinajstić information content (AvgIpc) is 2.59. The summed E-state index contributed by atoms with van der Waals surface area (Å²) in [4.78, 5) is 27.3. The molecular formula is C17H21N3O3. The van der Waals surface area contributed by atoms with Gasteiger partial charge in [-0.3, -0.25) is 18.8 Å². The van der Waals surface area contributed by atoms with Crippen molar-refractivity contribution < 1.29 is 4.74 Å².